The highest BCUT2D eigenvalue weighted by Crippen LogP contribution is 2.33. The number of hydrogen-bond acceptors (Lipinski definition) is 4. The molecule has 0 saturated carbocycles. The smallest absolute Gasteiger partial charge is 0.240 e. The fourth-order valence-electron chi connectivity index (χ4n) is 2.28. The van der Waals surface area contributed by atoms with E-state index in [0.717, 1.165) is 5.52 Å². The molecule has 0 amide bonds. The molecule has 0 aliphatic rings. The molecule has 2 aromatic rings. The second-order valence-electron chi connectivity index (χ2n) is 4.82. The van der Waals surface area contributed by atoms with E-state index in [9.17, 15) is 8.42 Å². The third kappa shape index (κ3) is 3.20. The average molecular weight is 312 g/mol. The van der Waals surface area contributed by atoms with E-state index in [1.807, 2.05) is 30.5 Å². The number of fused-ring (bicyclic) bond motifs is 1. The molecule has 2 rings (SSSR count). The molecule has 1 aromatic heterocycles. The van der Waals surface area contributed by atoms with Gasteiger partial charge in [0.25, 0.3) is 0 Å². The molecule has 21 heavy (non-hydrogen) atoms. The highest BCUT2D eigenvalue weighted by Gasteiger charge is 2.21. The van der Waals surface area contributed by atoms with Crippen LogP contribution in [0, 0.1) is 0 Å². The first kappa shape index (κ1) is 15.8. The second kappa shape index (κ2) is 6.05. The van der Waals surface area contributed by atoms with Crippen LogP contribution in [0.3, 0.4) is 0 Å². The molecule has 1 unspecified atom stereocenters. The summed E-state index contributed by atoms with van der Waals surface area (Å²) in [7, 11) is -2.22. The Morgan fingerprint density at radius 2 is 2.10 bits per heavy atom. The molecule has 116 valence electrons. The van der Waals surface area contributed by atoms with Gasteiger partial charge in [-0.2, -0.15) is 0 Å². The lowest BCUT2D eigenvalue weighted by Crippen LogP contribution is -2.14. The molecule has 0 saturated heterocycles. The van der Waals surface area contributed by atoms with Gasteiger partial charge in [-0.05, 0) is 26.0 Å². The zero-order valence-electron chi connectivity index (χ0n) is 12.4. The predicted octanol–water partition coefficient (Wildman–Crippen LogP) is 1.72. The standard InChI is InChI=1S/C14H20N2O4S/c1-4-20-12-7-5-6-11-14(12)13(21(15,17)18)9-16(11)8-10(2)19-3/h5-7,9-10H,4,8H2,1-3H3,(H2,15,17,18). The molecule has 0 aliphatic heterocycles. The summed E-state index contributed by atoms with van der Waals surface area (Å²) in [4.78, 5) is 0.0739. The Kier molecular flexibility index (Phi) is 4.55. The molecule has 1 atom stereocenters. The van der Waals surface area contributed by atoms with E-state index in [4.69, 9.17) is 14.6 Å². The molecule has 2 N–H and O–H groups in total. The maximum atomic E-state index is 11.8. The minimum atomic E-state index is -3.83. The highest BCUT2D eigenvalue weighted by atomic mass is 32.2. The monoisotopic (exact) mass is 312 g/mol. The number of ether oxygens (including phenoxy) is 2. The van der Waals surface area contributed by atoms with Crippen LogP contribution >= 0.6 is 0 Å². The Bertz CT molecular complexity index is 737. The van der Waals surface area contributed by atoms with Crippen molar-refractivity contribution in [2.75, 3.05) is 13.7 Å². The van der Waals surface area contributed by atoms with Gasteiger partial charge in [-0.15, -0.1) is 0 Å². The van der Waals surface area contributed by atoms with Gasteiger partial charge in [0.1, 0.15) is 10.6 Å². The molecule has 1 heterocycles. The number of aromatic nitrogens is 1. The number of benzene rings is 1. The molecular weight excluding hydrogens is 292 g/mol. The molecule has 0 spiro atoms. The van der Waals surface area contributed by atoms with Gasteiger partial charge in [-0.3, -0.25) is 0 Å². The van der Waals surface area contributed by atoms with Gasteiger partial charge < -0.3 is 14.0 Å². The van der Waals surface area contributed by atoms with Crippen molar-refractivity contribution in [1.29, 1.82) is 0 Å². The molecule has 0 bridgehead atoms. The summed E-state index contributed by atoms with van der Waals surface area (Å²) < 4.78 is 36.3. The maximum Gasteiger partial charge on any atom is 0.240 e. The number of nitrogens with zero attached hydrogens (tertiary/aromatic N) is 1. The average Bonchev–Trinajstić information content (AvgIpc) is 2.79. The minimum absolute atomic E-state index is 0.0512. The van der Waals surface area contributed by atoms with E-state index >= 15 is 0 Å². The van der Waals surface area contributed by atoms with Crippen molar-refractivity contribution in [2.45, 2.75) is 31.4 Å². The molecule has 1 aromatic carbocycles. The Morgan fingerprint density at radius 3 is 2.67 bits per heavy atom. The summed E-state index contributed by atoms with van der Waals surface area (Å²) >= 11 is 0. The Balaban J connectivity index is 2.70. The summed E-state index contributed by atoms with van der Waals surface area (Å²) in [5.41, 5.74) is 0.758. The van der Waals surface area contributed by atoms with Gasteiger partial charge in [0.05, 0.1) is 23.6 Å². The lowest BCUT2D eigenvalue weighted by Gasteiger charge is -2.12. The van der Waals surface area contributed by atoms with E-state index < -0.39 is 10.0 Å². The fourth-order valence-corrected chi connectivity index (χ4v) is 3.04. The minimum Gasteiger partial charge on any atom is -0.493 e. The topological polar surface area (TPSA) is 83.5 Å². The lowest BCUT2D eigenvalue weighted by atomic mass is 10.2. The lowest BCUT2D eigenvalue weighted by molar-refractivity contribution is 0.104. The molecule has 0 aliphatic carbocycles. The molecule has 0 radical (unpaired) electrons. The number of rotatable bonds is 6. The SMILES string of the molecule is CCOc1cccc2c1c(S(N)(=O)=O)cn2CC(C)OC. The first-order chi connectivity index (χ1) is 9.88. The van der Waals surface area contributed by atoms with E-state index in [-0.39, 0.29) is 11.0 Å². The van der Waals surface area contributed by atoms with Crippen LogP contribution in [0.2, 0.25) is 0 Å². The quantitative estimate of drug-likeness (QED) is 0.880. The van der Waals surface area contributed by atoms with E-state index in [0.29, 0.717) is 24.3 Å². The molecule has 0 fully saturated rings. The van der Waals surface area contributed by atoms with E-state index in [1.54, 1.807) is 13.2 Å². The number of hydrogen-bond donors (Lipinski definition) is 1. The van der Waals surface area contributed by atoms with Crippen molar-refractivity contribution in [3.63, 3.8) is 0 Å². The number of primary sulfonamides is 1. The van der Waals surface area contributed by atoms with Crippen LogP contribution in [0.15, 0.2) is 29.3 Å². The zero-order valence-corrected chi connectivity index (χ0v) is 13.2. The maximum absolute atomic E-state index is 11.8. The van der Waals surface area contributed by atoms with Crippen molar-refractivity contribution in [2.24, 2.45) is 5.14 Å². The van der Waals surface area contributed by atoms with Crippen molar-refractivity contribution < 1.29 is 17.9 Å². The first-order valence-corrected chi connectivity index (χ1v) is 8.23. The Morgan fingerprint density at radius 1 is 1.38 bits per heavy atom. The molecule has 6 nitrogen and oxygen atoms in total. The van der Waals surface area contributed by atoms with Gasteiger partial charge in [0, 0.05) is 19.9 Å². The molecule has 7 heteroatoms. The van der Waals surface area contributed by atoms with Crippen LogP contribution in [0.4, 0.5) is 0 Å². The van der Waals surface area contributed by atoms with Crippen molar-refractivity contribution in [1.82, 2.24) is 4.57 Å². The summed E-state index contributed by atoms with van der Waals surface area (Å²) in [5, 5.41) is 5.86. The number of nitrogens with two attached hydrogens (primary N) is 1. The van der Waals surface area contributed by atoms with Crippen LogP contribution in [0.25, 0.3) is 10.9 Å². The Hall–Kier alpha value is -1.57. The zero-order chi connectivity index (χ0) is 15.6. The molecular formula is C14H20N2O4S. The summed E-state index contributed by atoms with van der Waals surface area (Å²) in [6, 6.07) is 5.41. The number of sulfonamides is 1. The van der Waals surface area contributed by atoms with E-state index in [2.05, 4.69) is 0 Å². The fraction of sp³-hybridized carbons (Fsp3) is 0.429. The van der Waals surface area contributed by atoms with Crippen LogP contribution < -0.4 is 9.88 Å². The number of methoxy groups -OCH3 is 1. The largest absolute Gasteiger partial charge is 0.493 e. The van der Waals surface area contributed by atoms with Crippen molar-refractivity contribution in [3.8, 4) is 5.75 Å². The Labute approximate surface area is 124 Å². The third-order valence-corrected chi connectivity index (χ3v) is 4.22. The van der Waals surface area contributed by atoms with Crippen molar-refractivity contribution in [3.05, 3.63) is 24.4 Å². The van der Waals surface area contributed by atoms with Gasteiger partial charge in [0.15, 0.2) is 0 Å². The normalized spacial score (nSPS) is 13.5. The summed E-state index contributed by atoms with van der Waals surface area (Å²) in [5.74, 6) is 0.517. The van der Waals surface area contributed by atoms with Crippen LogP contribution in [0.5, 0.6) is 5.75 Å². The second-order valence-corrected chi connectivity index (χ2v) is 6.35. The van der Waals surface area contributed by atoms with Gasteiger partial charge in [0.2, 0.25) is 10.0 Å². The van der Waals surface area contributed by atoms with Crippen LogP contribution in [0.1, 0.15) is 13.8 Å². The van der Waals surface area contributed by atoms with E-state index in [1.165, 1.54) is 6.20 Å². The van der Waals surface area contributed by atoms with Gasteiger partial charge in [-0.1, -0.05) is 6.07 Å². The third-order valence-electron chi connectivity index (χ3n) is 3.30. The predicted molar refractivity (Wildman–Crippen MR) is 81.0 cm³/mol. The highest BCUT2D eigenvalue weighted by molar-refractivity contribution is 7.89. The first-order valence-electron chi connectivity index (χ1n) is 6.68. The van der Waals surface area contributed by atoms with Crippen LogP contribution in [-0.4, -0.2) is 32.8 Å². The summed E-state index contributed by atoms with van der Waals surface area (Å²) in [6.45, 7) is 4.73. The summed E-state index contributed by atoms with van der Waals surface area (Å²) in [6.07, 6.45) is 1.49. The van der Waals surface area contributed by atoms with Gasteiger partial charge >= 0.3 is 0 Å². The van der Waals surface area contributed by atoms with Crippen LogP contribution in [-0.2, 0) is 21.3 Å². The van der Waals surface area contributed by atoms with Crippen molar-refractivity contribution >= 4 is 20.9 Å². The van der Waals surface area contributed by atoms with Gasteiger partial charge in [-0.25, -0.2) is 13.6 Å².